The van der Waals surface area contributed by atoms with Gasteiger partial charge in [0.1, 0.15) is 0 Å². The van der Waals surface area contributed by atoms with E-state index in [-0.39, 0.29) is 37.7 Å². The average Bonchev–Trinajstić information content (AvgIpc) is 2.57. The van der Waals surface area contributed by atoms with Crippen molar-refractivity contribution in [2.75, 3.05) is 0 Å². The van der Waals surface area contributed by atoms with Crippen LogP contribution in [0.2, 0.25) is 5.32 Å². The smallest absolute Gasteiger partial charge is 0.512 e. The zero-order chi connectivity index (χ0) is 8.53. The molecular weight excluding hydrogens is 220 g/mol. The van der Waals surface area contributed by atoms with Crippen LogP contribution in [0.25, 0.3) is 0 Å². The van der Waals surface area contributed by atoms with Crippen molar-refractivity contribution in [2.45, 2.75) is 5.32 Å². The number of rotatable bonds is 3. The number of hydrogen-bond acceptors (Lipinski definition) is 2. The fraction of sp³-hybridized carbons (Fsp3) is 0.125. The largest absolute Gasteiger partial charge is 1.00 e. The van der Waals surface area contributed by atoms with Crippen molar-refractivity contribution < 1.29 is 52.7 Å². The van der Waals surface area contributed by atoms with E-state index < -0.39 is 0 Å². The van der Waals surface area contributed by atoms with Gasteiger partial charge in [-0.2, -0.15) is 0 Å². The number of thiophene rings is 1. The van der Waals surface area contributed by atoms with Crippen molar-refractivity contribution in [1.29, 1.82) is 5.26 Å². The molecule has 1 aromatic rings. The summed E-state index contributed by atoms with van der Waals surface area (Å²) in [6.07, 6.45) is 1.92. The van der Waals surface area contributed by atoms with Crippen molar-refractivity contribution in [1.82, 2.24) is 0 Å². The molecule has 0 unspecified atom stereocenters. The van der Waals surface area contributed by atoms with Crippen LogP contribution >= 0.6 is 11.3 Å². The molecule has 0 aliphatic rings. The maximum Gasteiger partial charge on any atom is 1.00 e. The minimum atomic E-state index is 0. The second-order valence-corrected chi connectivity index (χ2v) is 3.83. The first-order chi connectivity index (χ1) is 5.43. The van der Waals surface area contributed by atoms with E-state index in [1.165, 1.54) is 3.78 Å². The zero-order valence-electron chi connectivity index (χ0n) is 7.88. The summed E-state index contributed by atoms with van der Waals surface area (Å²) in [5, 5.41) is 9.34. The molecule has 0 aliphatic carbocycles. The molecule has 1 aromatic heterocycles. The van der Waals surface area contributed by atoms with Crippen LogP contribution in [0.1, 0.15) is 0 Å². The predicted molar refractivity (Wildman–Crippen MR) is 43.9 cm³/mol. The summed E-state index contributed by atoms with van der Waals surface area (Å²) in [6, 6.07) is 4.18. The third-order valence-electron chi connectivity index (χ3n) is 0.718. The molecule has 0 bridgehead atoms. The van der Waals surface area contributed by atoms with Crippen LogP contribution in [0, 0.1) is 11.8 Å². The summed E-state index contributed by atoms with van der Waals surface area (Å²) in [6.45, 7) is 8.39. The quantitative estimate of drug-likeness (QED) is 0.295. The second kappa shape index (κ2) is 15.1. The van der Waals surface area contributed by atoms with Gasteiger partial charge in [-0.15, -0.1) is 0 Å². The van der Waals surface area contributed by atoms with Gasteiger partial charge in [0.2, 0.25) is 0 Å². The summed E-state index contributed by atoms with van der Waals surface area (Å²) in [5.74, 6) is 0. The molecule has 0 saturated carbocycles. The zero-order valence-corrected chi connectivity index (χ0v) is 9.64. The fourth-order valence-electron chi connectivity index (χ4n) is 0.411. The van der Waals surface area contributed by atoms with Crippen LogP contribution < -0.4 is 41.5 Å². The Morgan fingerprint density at radius 2 is 2.15 bits per heavy atom. The Kier molecular flexibility index (Phi) is 22.4. The number of allylic oxidation sites excluding steroid dienone is 1. The average molecular weight is 228 g/mol. The van der Waals surface area contributed by atoms with Gasteiger partial charge < -0.3 is 11.8 Å². The second-order valence-electron chi connectivity index (χ2n) is 1.40. The van der Waals surface area contributed by atoms with E-state index >= 15 is 0 Å². The molecule has 0 amide bonds. The van der Waals surface area contributed by atoms with Crippen molar-refractivity contribution in [2.24, 2.45) is 0 Å². The van der Waals surface area contributed by atoms with Gasteiger partial charge in [0.25, 0.3) is 0 Å². The van der Waals surface area contributed by atoms with Gasteiger partial charge in [-0.25, -0.2) is 0 Å². The van der Waals surface area contributed by atoms with E-state index in [0.717, 1.165) is 5.32 Å². The molecule has 0 atom stereocenters. The molecule has 1 rings (SSSR count). The van der Waals surface area contributed by atoms with Crippen LogP contribution in [0.3, 0.4) is 0 Å². The third kappa shape index (κ3) is 10.6. The van der Waals surface area contributed by atoms with Crippen LogP contribution in [-0.2, 0) is 15.0 Å². The minimum absolute atomic E-state index is 0. The van der Waals surface area contributed by atoms with Gasteiger partial charge in [-0.1, -0.05) is 0 Å². The molecule has 0 aliphatic heterocycles. The summed E-state index contributed by atoms with van der Waals surface area (Å²) >= 11 is 3.69. The van der Waals surface area contributed by atoms with E-state index in [9.17, 15) is 0 Å². The molecular formula is C8H8CuLi2NS. The van der Waals surface area contributed by atoms with Crippen LogP contribution in [0.15, 0.2) is 30.2 Å². The summed E-state index contributed by atoms with van der Waals surface area (Å²) < 4.78 is 1.36. The van der Waals surface area contributed by atoms with Gasteiger partial charge in [0, 0.05) is 0 Å². The summed E-state index contributed by atoms with van der Waals surface area (Å²) in [5.41, 5.74) is 0. The summed E-state index contributed by atoms with van der Waals surface area (Å²) in [4.78, 5) is 0. The van der Waals surface area contributed by atoms with Crippen molar-refractivity contribution >= 4 is 15.1 Å². The fourth-order valence-corrected chi connectivity index (χ4v) is 2.06. The Morgan fingerprint density at radius 1 is 1.54 bits per heavy atom. The van der Waals surface area contributed by atoms with Crippen LogP contribution in [0.5, 0.6) is 0 Å². The molecule has 5 heteroatoms. The van der Waals surface area contributed by atoms with Crippen molar-refractivity contribution in [3.05, 3.63) is 36.7 Å². The molecule has 0 N–H and O–H groups in total. The molecule has 13 heavy (non-hydrogen) atoms. The van der Waals surface area contributed by atoms with Crippen LogP contribution in [-0.4, -0.2) is 0 Å². The first-order valence-electron chi connectivity index (χ1n) is 2.80. The van der Waals surface area contributed by atoms with E-state index in [1.54, 1.807) is 11.3 Å². The Morgan fingerprint density at radius 3 is 2.54 bits per heavy atom. The van der Waals surface area contributed by atoms with E-state index in [1.807, 2.05) is 21.0 Å². The van der Waals surface area contributed by atoms with Crippen molar-refractivity contribution in [3.63, 3.8) is 0 Å². The normalized spacial score (nSPS) is 6.92. The van der Waals surface area contributed by atoms with Gasteiger partial charge in [0.05, 0.1) is 0 Å². The Bertz CT molecular complexity index is 211. The Hall–Kier alpha value is 0.644. The molecule has 0 aromatic carbocycles. The Labute approximate surface area is 114 Å². The van der Waals surface area contributed by atoms with Gasteiger partial charge in [0.15, 0.2) is 0 Å². The van der Waals surface area contributed by atoms with Crippen molar-refractivity contribution in [3.8, 4) is 0 Å². The SMILES string of the molecule is C=C[CH2][Cu-][c]1cccs1.[C-]#N.[Li+].[Li+]. The minimum Gasteiger partial charge on any atom is -0.512 e. The number of hydrogen-bond donors (Lipinski definition) is 0. The predicted octanol–water partition coefficient (Wildman–Crippen LogP) is -3.84. The maximum absolute atomic E-state index is 6.25. The molecule has 0 spiro atoms. The van der Waals surface area contributed by atoms with Gasteiger partial charge >= 0.3 is 103 Å². The van der Waals surface area contributed by atoms with Gasteiger partial charge in [-0.05, 0) is 0 Å². The summed E-state index contributed by atoms with van der Waals surface area (Å²) in [7, 11) is 0. The maximum atomic E-state index is 6.25. The van der Waals surface area contributed by atoms with Crippen LogP contribution in [0.4, 0.5) is 0 Å². The first kappa shape index (κ1) is 19.3. The van der Waals surface area contributed by atoms with E-state index in [4.69, 9.17) is 11.8 Å². The molecule has 1 nitrogen and oxygen atoms in total. The first-order valence-corrected chi connectivity index (χ1v) is 4.82. The van der Waals surface area contributed by atoms with E-state index in [2.05, 4.69) is 24.1 Å². The molecule has 0 fully saturated rings. The third-order valence-corrected chi connectivity index (χ3v) is 3.00. The molecule has 0 radical (unpaired) electrons. The molecule has 1 heterocycles. The molecule has 64 valence electrons. The monoisotopic (exact) mass is 227 g/mol. The van der Waals surface area contributed by atoms with E-state index in [0.29, 0.717) is 0 Å². The standard InChI is InChI=1S/C4H3S.C3H5.CN.Cu.2Li/c1-2-4-5-3-1;1-3-2;1-2;;;/h1-3H;3H,1-2H2;;;;/q;;2*-1;2*+1. The molecule has 0 saturated heterocycles. The topological polar surface area (TPSA) is 23.8 Å². The Balaban J connectivity index is -0.000000234. The van der Waals surface area contributed by atoms with Gasteiger partial charge in [-0.3, -0.25) is 0 Å². The number of nitrogens with zero attached hydrogens (tertiary/aromatic N) is 1.